The number of benzene rings is 2. The van der Waals surface area contributed by atoms with Crippen LogP contribution in [0.15, 0.2) is 54.6 Å². The van der Waals surface area contributed by atoms with Crippen LogP contribution in [0.25, 0.3) is 0 Å². The van der Waals surface area contributed by atoms with Gasteiger partial charge in [-0.15, -0.1) is 0 Å². The maximum absolute atomic E-state index is 12.8. The van der Waals surface area contributed by atoms with Crippen LogP contribution in [0, 0.1) is 0 Å². The first kappa shape index (κ1) is 18.1. The first-order valence-electron chi connectivity index (χ1n) is 8.82. The summed E-state index contributed by atoms with van der Waals surface area (Å²) in [5.74, 6) is 0.521. The second-order valence-electron chi connectivity index (χ2n) is 6.77. The lowest BCUT2D eigenvalue weighted by Gasteiger charge is -2.22. The first-order chi connectivity index (χ1) is 12.5. The van der Waals surface area contributed by atoms with Crippen molar-refractivity contribution in [1.29, 1.82) is 0 Å². The molecule has 1 amide bonds. The van der Waals surface area contributed by atoms with E-state index in [0.29, 0.717) is 24.4 Å². The summed E-state index contributed by atoms with van der Waals surface area (Å²) < 4.78 is 5.77. The molecule has 5 nitrogen and oxygen atoms in total. The minimum absolute atomic E-state index is 0.0364. The first-order valence-corrected chi connectivity index (χ1v) is 8.82. The molecule has 0 bridgehead atoms. The third-order valence-corrected chi connectivity index (χ3v) is 4.81. The van der Waals surface area contributed by atoms with Gasteiger partial charge in [-0.25, -0.2) is 0 Å². The van der Waals surface area contributed by atoms with E-state index in [1.165, 1.54) is 6.92 Å². The Bertz CT molecular complexity index is 791. The lowest BCUT2D eigenvalue weighted by molar-refractivity contribution is -0.136. The van der Waals surface area contributed by atoms with E-state index in [1.54, 1.807) is 36.1 Å². The number of amides is 1. The van der Waals surface area contributed by atoms with Crippen molar-refractivity contribution >= 4 is 11.7 Å². The van der Waals surface area contributed by atoms with Crippen LogP contribution in [-0.2, 0) is 4.79 Å². The van der Waals surface area contributed by atoms with Crippen molar-refractivity contribution in [2.45, 2.75) is 31.9 Å². The van der Waals surface area contributed by atoms with E-state index in [2.05, 4.69) is 0 Å². The van der Waals surface area contributed by atoms with Crippen LogP contribution in [0.1, 0.15) is 35.7 Å². The highest BCUT2D eigenvalue weighted by Gasteiger charge is 2.35. The topological polar surface area (TPSA) is 72.6 Å². The Morgan fingerprint density at radius 2 is 1.85 bits per heavy atom. The minimum Gasteiger partial charge on any atom is -0.481 e. The second-order valence-corrected chi connectivity index (χ2v) is 6.77. The van der Waals surface area contributed by atoms with E-state index in [-0.39, 0.29) is 23.7 Å². The van der Waals surface area contributed by atoms with Crippen LogP contribution < -0.4 is 10.5 Å². The van der Waals surface area contributed by atoms with Crippen molar-refractivity contribution in [3.63, 3.8) is 0 Å². The molecule has 1 unspecified atom stereocenters. The molecule has 136 valence electrons. The van der Waals surface area contributed by atoms with Crippen molar-refractivity contribution < 1.29 is 14.3 Å². The van der Waals surface area contributed by atoms with Gasteiger partial charge >= 0.3 is 0 Å². The third-order valence-electron chi connectivity index (χ3n) is 4.81. The maximum Gasteiger partial charge on any atom is 0.263 e. The van der Waals surface area contributed by atoms with Gasteiger partial charge in [-0.3, -0.25) is 9.59 Å². The van der Waals surface area contributed by atoms with Gasteiger partial charge in [0.05, 0.1) is 0 Å². The molecule has 2 N–H and O–H groups in total. The third kappa shape index (κ3) is 3.94. The summed E-state index contributed by atoms with van der Waals surface area (Å²) in [6.07, 6.45) is -0.640. The van der Waals surface area contributed by atoms with E-state index in [0.717, 1.165) is 5.56 Å². The number of nitrogens with zero attached hydrogens (tertiary/aromatic N) is 1. The van der Waals surface area contributed by atoms with E-state index in [1.807, 2.05) is 30.3 Å². The molecule has 0 spiro atoms. The summed E-state index contributed by atoms with van der Waals surface area (Å²) >= 11 is 0. The van der Waals surface area contributed by atoms with E-state index in [4.69, 9.17) is 10.5 Å². The minimum atomic E-state index is -0.640. The summed E-state index contributed by atoms with van der Waals surface area (Å²) in [6.45, 7) is 4.33. The molecule has 1 aliphatic heterocycles. The largest absolute Gasteiger partial charge is 0.481 e. The number of Topliss-reactive ketones (excluding diaryl/α,β-unsaturated/α-hetero) is 1. The Balaban J connectivity index is 1.66. The van der Waals surface area contributed by atoms with Crippen LogP contribution in [-0.4, -0.2) is 41.8 Å². The Morgan fingerprint density at radius 3 is 2.54 bits per heavy atom. The molecule has 2 aromatic carbocycles. The Morgan fingerprint density at radius 1 is 1.12 bits per heavy atom. The number of ketones is 1. The molecule has 3 atom stereocenters. The Labute approximate surface area is 153 Å². The van der Waals surface area contributed by atoms with Gasteiger partial charge in [0.15, 0.2) is 11.9 Å². The predicted molar refractivity (Wildman–Crippen MR) is 100 cm³/mol. The van der Waals surface area contributed by atoms with Gasteiger partial charge in [-0.05, 0) is 31.5 Å². The van der Waals surface area contributed by atoms with Gasteiger partial charge in [0.2, 0.25) is 0 Å². The number of likely N-dealkylation sites (tertiary alicyclic amines) is 1. The maximum atomic E-state index is 12.8. The zero-order chi connectivity index (χ0) is 18.7. The number of hydrogen-bond acceptors (Lipinski definition) is 4. The highest BCUT2D eigenvalue weighted by atomic mass is 16.5. The monoisotopic (exact) mass is 352 g/mol. The predicted octanol–water partition coefficient (Wildman–Crippen LogP) is 2.61. The average molecular weight is 352 g/mol. The standard InChI is InChI=1S/C21H24N2O3/c1-14(24)17-9-6-10-18(11-17)26-15(2)21(25)23-12-19(20(22)13-23)16-7-4-3-5-8-16/h3-11,15,19-20H,12-13,22H2,1-2H3/t15?,19-,20+/m0/s1. The average Bonchev–Trinajstić information content (AvgIpc) is 3.03. The molecule has 0 aliphatic carbocycles. The summed E-state index contributed by atoms with van der Waals surface area (Å²) in [5, 5.41) is 0. The van der Waals surface area contributed by atoms with Crippen LogP contribution in [0.4, 0.5) is 0 Å². The van der Waals surface area contributed by atoms with Crippen molar-refractivity contribution in [3.8, 4) is 5.75 Å². The Kier molecular flexibility index (Phi) is 5.38. The molecular formula is C21H24N2O3. The number of carbonyl (C=O) groups excluding carboxylic acids is 2. The molecule has 5 heteroatoms. The lowest BCUT2D eigenvalue weighted by atomic mass is 9.95. The van der Waals surface area contributed by atoms with Crippen LogP contribution in [0.3, 0.4) is 0 Å². The van der Waals surface area contributed by atoms with Crippen molar-refractivity contribution in [2.24, 2.45) is 5.73 Å². The van der Waals surface area contributed by atoms with E-state index < -0.39 is 6.10 Å². The molecule has 1 aliphatic rings. The van der Waals surface area contributed by atoms with Gasteiger partial charge in [-0.1, -0.05) is 42.5 Å². The SMILES string of the molecule is CC(=O)c1cccc(OC(C)C(=O)N2C[C@@H](N)[C@H](c3ccccc3)C2)c1. The number of rotatable bonds is 5. The quantitative estimate of drug-likeness (QED) is 0.840. The number of nitrogens with two attached hydrogens (primary N) is 1. The molecule has 26 heavy (non-hydrogen) atoms. The summed E-state index contributed by atoms with van der Waals surface area (Å²) in [4.78, 5) is 26.0. The Hall–Kier alpha value is -2.66. The highest BCUT2D eigenvalue weighted by molar-refractivity contribution is 5.94. The number of hydrogen-bond donors (Lipinski definition) is 1. The fraction of sp³-hybridized carbons (Fsp3) is 0.333. The molecule has 2 aromatic rings. The smallest absolute Gasteiger partial charge is 0.263 e. The summed E-state index contributed by atoms with van der Waals surface area (Å²) in [7, 11) is 0. The van der Waals surface area contributed by atoms with Crippen LogP contribution in [0.2, 0.25) is 0 Å². The van der Waals surface area contributed by atoms with E-state index in [9.17, 15) is 9.59 Å². The molecule has 0 radical (unpaired) electrons. The normalized spacial score (nSPS) is 20.7. The number of carbonyl (C=O) groups is 2. The fourth-order valence-electron chi connectivity index (χ4n) is 3.36. The van der Waals surface area contributed by atoms with Gasteiger partial charge in [0.1, 0.15) is 5.75 Å². The zero-order valence-corrected chi connectivity index (χ0v) is 15.1. The molecule has 0 saturated carbocycles. The molecule has 0 aromatic heterocycles. The van der Waals surface area contributed by atoms with Crippen LogP contribution >= 0.6 is 0 Å². The molecule has 1 heterocycles. The van der Waals surface area contributed by atoms with Gasteiger partial charge in [0.25, 0.3) is 5.91 Å². The number of ether oxygens (including phenoxy) is 1. The molecule has 1 saturated heterocycles. The fourth-order valence-corrected chi connectivity index (χ4v) is 3.36. The summed E-state index contributed by atoms with van der Waals surface area (Å²) in [5.41, 5.74) is 7.99. The van der Waals surface area contributed by atoms with Gasteiger partial charge < -0.3 is 15.4 Å². The molecule has 1 fully saturated rings. The van der Waals surface area contributed by atoms with Crippen LogP contribution in [0.5, 0.6) is 5.75 Å². The molecule has 3 rings (SSSR count). The van der Waals surface area contributed by atoms with Gasteiger partial charge in [-0.2, -0.15) is 0 Å². The van der Waals surface area contributed by atoms with Crippen molar-refractivity contribution in [2.75, 3.05) is 13.1 Å². The van der Waals surface area contributed by atoms with Crippen molar-refractivity contribution in [1.82, 2.24) is 4.90 Å². The lowest BCUT2D eigenvalue weighted by Crippen LogP contribution is -2.40. The summed E-state index contributed by atoms with van der Waals surface area (Å²) in [6, 6.07) is 16.8. The van der Waals surface area contributed by atoms with Gasteiger partial charge in [0, 0.05) is 30.6 Å². The second kappa shape index (κ2) is 7.70. The van der Waals surface area contributed by atoms with Crippen molar-refractivity contribution in [3.05, 3.63) is 65.7 Å². The highest BCUT2D eigenvalue weighted by Crippen LogP contribution is 2.27. The van der Waals surface area contributed by atoms with E-state index >= 15 is 0 Å². The zero-order valence-electron chi connectivity index (χ0n) is 15.1. The molecular weight excluding hydrogens is 328 g/mol.